The van der Waals surface area contributed by atoms with Crippen LogP contribution in [0.2, 0.25) is 0 Å². The van der Waals surface area contributed by atoms with Crippen LogP contribution in [-0.2, 0) is 23.1 Å². The van der Waals surface area contributed by atoms with E-state index >= 15 is 0 Å². The molecule has 0 saturated carbocycles. The fourth-order valence-corrected chi connectivity index (χ4v) is 4.62. The summed E-state index contributed by atoms with van der Waals surface area (Å²) >= 11 is 0. The van der Waals surface area contributed by atoms with Crippen molar-refractivity contribution < 1.29 is 18.3 Å². The molecule has 3 rings (SSSR count). The topological polar surface area (TPSA) is 68.0 Å². The molecular formula is C19H28N4O2S+2. The Hall–Kier alpha value is -1.96. The average molecular weight is 377 g/mol. The minimum atomic E-state index is -3.37. The molecule has 0 radical (unpaired) electrons. The number of pyridine rings is 1. The SMILES string of the molecule is C[NH+](C)Cc1ccc(CNc2ccc(S(=O)(=O)N3CCCC3)c[nH+]2)cc1. The lowest BCUT2D eigenvalue weighted by atomic mass is 10.1. The lowest BCUT2D eigenvalue weighted by Gasteiger charge is -2.14. The second kappa shape index (κ2) is 8.16. The Morgan fingerprint density at radius 2 is 1.69 bits per heavy atom. The summed E-state index contributed by atoms with van der Waals surface area (Å²) in [5.41, 5.74) is 2.50. The number of nitrogens with zero attached hydrogens (tertiary/aromatic N) is 1. The van der Waals surface area contributed by atoms with E-state index in [1.54, 1.807) is 22.6 Å². The van der Waals surface area contributed by atoms with Crippen LogP contribution in [0.4, 0.5) is 5.82 Å². The average Bonchev–Trinajstić information content (AvgIpc) is 3.17. The summed E-state index contributed by atoms with van der Waals surface area (Å²) in [6, 6.07) is 12.0. The van der Waals surface area contributed by atoms with Crippen molar-refractivity contribution in [3.8, 4) is 0 Å². The standard InChI is InChI=1S/C19H26N4O2S/c1-22(2)15-17-7-5-16(6-8-17)13-20-19-10-9-18(14-21-19)26(24,25)23-11-3-4-12-23/h5-10,14H,3-4,11-13,15H2,1-2H3,(H,20,21)/p+2. The predicted octanol–water partition coefficient (Wildman–Crippen LogP) is 0.542. The Morgan fingerprint density at radius 3 is 2.27 bits per heavy atom. The summed E-state index contributed by atoms with van der Waals surface area (Å²) in [5, 5.41) is 3.30. The molecule has 1 aromatic carbocycles. The summed E-state index contributed by atoms with van der Waals surface area (Å²) in [4.78, 5) is 4.77. The maximum absolute atomic E-state index is 12.5. The van der Waals surface area contributed by atoms with Crippen molar-refractivity contribution in [2.24, 2.45) is 0 Å². The van der Waals surface area contributed by atoms with Gasteiger partial charge in [0.25, 0.3) is 5.82 Å². The van der Waals surface area contributed by atoms with Crippen LogP contribution in [0.15, 0.2) is 47.5 Å². The smallest absolute Gasteiger partial charge is 0.272 e. The summed E-state index contributed by atoms with van der Waals surface area (Å²) in [7, 11) is 0.911. The second-order valence-electron chi connectivity index (χ2n) is 7.10. The molecule has 1 fully saturated rings. The number of quaternary nitrogens is 1. The predicted molar refractivity (Wildman–Crippen MR) is 101 cm³/mol. The van der Waals surface area contributed by atoms with E-state index < -0.39 is 10.0 Å². The van der Waals surface area contributed by atoms with E-state index in [0.717, 1.165) is 25.2 Å². The molecule has 3 N–H and O–H groups in total. The molecule has 1 aromatic heterocycles. The van der Waals surface area contributed by atoms with E-state index in [2.05, 4.69) is 48.7 Å². The Balaban J connectivity index is 1.59. The lowest BCUT2D eigenvalue weighted by Crippen LogP contribution is -3.04. The van der Waals surface area contributed by atoms with E-state index in [0.29, 0.717) is 24.5 Å². The molecule has 6 nitrogen and oxygen atoms in total. The van der Waals surface area contributed by atoms with Gasteiger partial charge in [-0.15, -0.1) is 0 Å². The minimum Gasteiger partial charge on any atom is -0.336 e. The fraction of sp³-hybridized carbons (Fsp3) is 0.421. The molecule has 1 aliphatic heterocycles. The van der Waals surface area contributed by atoms with Gasteiger partial charge >= 0.3 is 0 Å². The van der Waals surface area contributed by atoms with Crippen molar-refractivity contribution in [1.82, 2.24) is 4.31 Å². The molecule has 140 valence electrons. The molecule has 0 unspecified atom stereocenters. The first-order chi connectivity index (χ1) is 12.4. The quantitative estimate of drug-likeness (QED) is 0.741. The van der Waals surface area contributed by atoms with Crippen molar-refractivity contribution in [1.29, 1.82) is 0 Å². The Kier molecular flexibility index (Phi) is 5.90. The fourth-order valence-electron chi connectivity index (χ4n) is 3.14. The number of rotatable bonds is 7. The molecule has 0 aliphatic carbocycles. The van der Waals surface area contributed by atoms with Crippen LogP contribution in [0.25, 0.3) is 0 Å². The third-order valence-electron chi connectivity index (χ3n) is 4.55. The normalized spacial score (nSPS) is 15.5. The molecule has 7 heteroatoms. The summed E-state index contributed by atoms with van der Waals surface area (Å²) < 4.78 is 26.6. The first kappa shape index (κ1) is 18.8. The molecule has 0 amide bonds. The molecular weight excluding hydrogens is 348 g/mol. The third kappa shape index (κ3) is 4.60. The highest BCUT2D eigenvalue weighted by atomic mass is 32.2. The van der Waals surface area contributed by atoms with E-state index in [9.17, 15) is 8.42 Å². The van der Waals surface area contributed by atoms with Crippen molar-refractivity contribution in [2.75, 3.05) is 32.5 Å². The number of hydrogen-bond donors (Lipinski definition) is 2. The van der Waals surface area contributed by atoms with Gasteiger partial charge in [0.15, 0.2) is 0 Å². The van der Waals surface area contributed by atoms with Crippen LogP contribution in [0.1, 0.15) is 24.0 Å². The molecule has 1 aliphatic rings. The Morgan fingerprint density at radius 1 is 1.04 bits per heavy atom. The van der Waals surface area contributed by atoms with Crippen LogP contribution < -0.4 is 15.2 Å². The third-order valence-corrected chi connectivity index (χ3v) is 6.45. The Bertz CT molecular complexity index is 812. The van der Waals surface area contributed by atoms with Gasteiger partial charge in [0, 0.05) is 24.7 Å². The zero-order valence-electron chi connectivity index (χ0n) is 15.5. The molecule has 2 heterocycles. The molecule has 0 bridgehead atoms. The van der Waals surface area contributed by atoms with Gasteiger partial charge in [-0.2, -0.15) is 4.31 Å². The van der Waals surface area contributed by atoms with Gasteiger partial charge in [-0.1, -0.05) is 24.3 Å². The zero-order valence-corrected chi connectivity index (χ0v) is 16.3. The van der Waals surface area contributed by atoms with E-state index in [-0.39, 0.29) is 0 Å². The van der Waals surface area contributed by atoms with Crippen molar-refractivity contribution in [2.45, 2.75) is 30.8 Å². The second-order valence-corrected chi connectivity index (χ2v) is 9.04. The minimum absolute atomic E-state index is 0.320. The zero-order chi connectivity index (χ0) is 18.6. The van der Waals surface area contributed by atoms with Crippen molar-refractivity contribution in [3.63, 3.8) is 0 Å². The number of benzene rings is 1. The van der Waals surface area contributed by atoms with Crippen LogP contribution >= 0.6 is 0 Å². The van der Waals surface area contributed by atoms with Gasteiger partial charge in [-0.3, -0.25) is 5.32 Å². The Labute approximate surface area is 155 Å². The van der Waals surface area contributed by atoms with Gasteiger partial charge < -0.3 is 4.90 Å². The molecule has 0 spiro atoms. The van der Waals surface area contributed by atoms with Gasteiger partial charge in [0.1, 0.15) is 24.2 Å². The summed E-state index contributed by atoms with van der Waals surface area (Å²) in [6.07, 6.45) is 3.45. The number of hydrogen-bond acceptors (Lipinski definition) is 3. The van der Waals surface area contributed by atoms with Crippen LogP contribution in [0, 0.1) is 0 Å². The number of aromatic nitrogens is 1. The maximum atomic E-state index is 12.5. The molecule has 1 saturated heterocycles. The number of H-pyrrole nitrogens is 1. The lowest BCUT2D eigenvalue weighted by molar-refractivity contribution is -0.872. The largest absolute Gasteiger partial charge is 0.336 e. The van der Waals surface area contributed by atoms with E-state index in [4.69, 9.17) is 0 Å². The van der Waals surface area contributed by atoms with E-state index in [1.807, 2.05) is 0 Å². The highest BCUT2D eigenvalue weighted by molar-refractivity contribution is 7.89. The number of anilines is 1. The monoisotopic (exact) mass is 376 g/mol. The first-order valence-corrected chi connectivity index (χ1v) is 10.5. The summed E-state index contributed by atoms with van der Waals surface area (Å²) in [5.74, 6) is 0.798. The molecule has 2 aromatic rings. The van der Waals surface area contributed by atoms with Gasteiger partial charge in [0.2, 0.25) is 10.0 Å². The molecule has 26 heavy (non-hydrogen) atoms. The van der Waals surface area contributed by atoms with Crippen LogP contribution in [0.5, 0.6) is 0 Å². The van der Waals surface area contributed by atoms with Crippen LogP contribution in [-0.4, -0.2) is 39.9 Å². The van der Waals surface area contributed by atoms with Crippen molar-refractivity contribution in [3.05, 3.63) is 53.7 Å². The maximum Gasteiger partial charge on any atom is 0.272 e. The summed E-state index contributed by atoms with van der Waals surface area (Å²) in [6.45, 7) is 2.93. The number of nitrogens with one attached hydrogen (secondary N) is 3. The van der Waals surface area contributed by atoms with Gasteiger partial charge in [-0.25, -0.2) is 13.4 Å². The van der Waals surface area contributed by atoms with E-state index in [1.165, 1.54) is 16.0 Å². The highest BCUT2D eigenvalue weighted by Gasteiger charge is 2.27. The number of sulfonamides is 1. The van der Waals surface area contributed by atoms with Crippen LogP contribution in [0.3, 0.4) is 0 Å². The number of aromatic amines is 1. The van der Waals surface area contributed by atoms with Gasteiger partial charge in [-0.05, 0) is 24.5 Å². The first-order valence-electron chi connectivity index (χ1n) is 9.08. The van der Waals surface area contributed by atoms with Gasteiger partial charge in [0.05, 0.1) is 14.1 Å². The van der Waals surface area contributed by atoms with Crippen molar-refractivity contribution >= 4 is 15.8 Å². The highest BCUT2D eigenvalue weighted by Crippen LogP contribution is 2.20. The molecule has 0 atom stereocenters.